The number of nitrogens with one attached hydrogen (secondary N) is 1. The maximum atomic E-state index is 12.5. The number of aromatic nitrogens is 2. The molecule has 0 aliphatic carbocycles. The van der Waals surface area contributed by atoms with E-state index in [1.807, 2.05) is 19.1 Å². The molecule has 138 valence electrons. The average molecular weight is 403 g/mol. The minimum Gasteiger partial charge on any atom is -0.459 e. The van der Waals surface area contributed by atoms with Crippen LogP contribution in [0.4, 0.5) is 10.8 Å². The van der Waals surface area contributed by atoms with Gasteiger partial charge in [0, 0.05) is 29.6 Å². The molecule has 2 amide bonds. The molecule has 1 aliphatic rings. The fraction of sp³-hybridized carbons (Fsp3) is 0.222. The van der Waals surface area contributed by atoms with Crippen molar-refractivity contribution in [3.05, 3.63) is 57.9 Å². The third-order valence-corrected chi connectivity index (χ3v) is 5.76. The predicted octanol–water partition coefficient (Wildman–Crippen LogP) is 3.87. The van der Waals surface area contributed by atoms with Gasteiger partial charge in [0.15, 0.2) is 5.76 Å². The number of furan rings is 1. The Morgan fingerprint density at radius 2 is 2.22 bits per heavy atom. The van der Waals surface area contributed by atoms with Crippen LogP contribution in [0.25, 0.3) is 0 Å². The Morgan fingerprint density at radius 1 is 1.37 bits per heavy atom. The van der Waals surface area contributed by atoms with Crippen LogP contribution in [0.1, 0.15) is 33.5 Å². The van der Waals surface area contributed by atoms with Crippen LogP contribution in [-0.2, 0) is 4.79 Å². The summed E-state index contributed by atoms with van der Waals surface area (Å²) in [6, 6.07) is 8.78. The zero-order valence-corrected chi connectivity index (χ0v) is 15.9. The molecule has 1 N–H and O–H groups in total. The van der Waals surface area contributed by atoms with Gasteiger partial charge in [-0.2, -0.15) is 0 Å². The molecule has 0 radical (unpaired) electrons. The second kappa shape index (κ2) is 7.13. The Kier molecular flexibility index (Phi) is 4.67. The minimum absolute atomic E-state index is 0.0105. The van der Waals surface area contributed by atoms with Gasteiger partial charge >= 0.3 is 0 Å². The summed E-state index contributed by atoms with van der Waals surface area (Å²) < 4.78 is 5.05. The van der Waals surface area contributed by atoms with Gasteiger partial charge in [0.1, 0.15) is 5.01 Å². The summed E-state index contributed by atoms with van der Waals surface area (Å²) in [6.45, 7) is 2.42. The monoisotopic (exact) mass is 402 g/mol. The highest BCUT2D eigenvalue weighted by Gasteiger charge is 2.34. The van der Waals surface area contributed by atoms with E-state index >= 15 is 0 Å². The molecule has 9 heteroatoms. The van der Waals surface area contributed by atoms with Crippen LogP contribution in [0.2, 0.25) is 5.02 Å². The molecule has 1 saturated heterocycles. The third-order valence-electron chi connectivity index (χ3n) is 4.35. The summed E-state index contributed by atoms with van der Waals surface area (Å²) in [5, 5.41) is 12.5. The smallest absolute Gasteiger partial charge is 0.293 e. The molecule has 1 atom stereocenters. The molecule has 3 heterocycles. The van der Waals surface area contributed by atoms with Crippen molar-refractivity contribution < 1.29 is 14.0 Å². The van der Waals surface area contributed by atoms with Gasteiger partial charge in [-0.15, -0.1) is 10.2 Å². The number of carbonyl (C=O) groups excluding carboxylic acids is 2. The summed E-state index contributed by atoms with van der Waals surface area (Å²) in [5.41, 5.74) is 1.73. The summed E-state index contributed by atoms with van der Waals surface area (Å²) >= 11 is 7.44. The number of aryl methyl sites for hydroxylation is 1. The predicted molar refractivity (Wildman–Crippen MR) is 102 cm³/mol. The molecule has 0 saturated carbocycles. The Labute approximate surface area is 164 Å². The van der Waals surface area contributed by atoms with Crippen molar-refractivity contribution in [3.8, 4) is 0 Å². The number of benzene rings is 1. The van der Waals surface area contributed by atoms with Gasteiger partial charge in [0.05, 0.1) is 6.26 Å². The Hall–Kier alpha value is -2.71. The van der Waals surface area contributed by atoms with Crippen molar-refractivity contribution in [2.75, 3.05) is 16.8 Å². The molecule has 7 nitrogen and oxygen atoms in total. The molecular weight excluding hydrogens is 388 g/mol. The lowest BCUT2D eigenvalue weighted by atomic mass is 10.1. The van der Waals surface area contributed by atoms with Crippen LogP contribution < -0.4 is 10.2 Å². The second-order valence-corrected chi connectivity index (χ2v) is 7.63. The highest BCUT2D eigenvalue weighted by atomic mass is 35.5. The van der Waals surface area contributed by atoms with E-state index < -0.39 is 0 Å². The summed E-state index contributed by atoms with van der Waals surface area (Å²) in [5.74, 6) is -0.257. The lowest BCUT2D eigenvalue weighted by Crippen LogP contribution is -2.24. The van der Waals surface area contributed by atoms with E-state index in [2.05, 4.69) is 15.5 Å². The first-order chi connectivity index (χ1) is 13.0. The summed E-state index contributed by atoms with van der Waals surface area (Å²) in [4.78, 5) is 26.2. The largest absolute Gasteiger partial charge is 0.459 e. The van der Waals surface area contributed by atoms with Gasteiger partial charge in [0.2, 0.25) is 11.0 Å². The van der Waals surface area contributed by atoms with Gasteiger partial charge in [-0.25, -0.2) is 0 Å². The zero-order valence-electron chi connectivity index (χ0n) is 14.3. The Balaban J connectivity index is 1.47. The Bertz CT molecular complexity index is 1000. The van der Waals surface area contributed by atoms with Crippen molar-refractivity contribution in [3.63, 3.8) is 0 Å². The Morgan fingerprint density at radius 3 is 2.96 bits per heavy atom. The maximum Gasteiger partial charge on any atom is 0.293 e. The standard InChI is InChI=1S/C18H15ClN4O3S/c1-10-4-5-12(8-13(10)19)23-9-11(7-15(23)24)17-21-22-18(27-17)20-16(25)14-3-2-6-26-14/h2-6,8,11H,7,9H2,1H3,(H,20,22,25)/t11-/m0/s1. The molecule has 0 spiro atoms. The number of nitrogens with zero attached hydrogens (tertiary/aromatic N) is 3. The van der Waals surface area contributed by atoms with Gasteiger partial charge in [-0.05, 0) is 36.8 Å². The fourth-order valence-corrected chi connectivity index (χ4v) is 3.89. The van der Waals surface area contributed by atoms with Crippen molar-refractivity contribution in [2.24, 2.45) is 0 Å². The van der Waals surface area contributed by atoms with Crippen LogP contribution in [0.15, 0.2) is 41.0 Å². The topological polar surface area (TPSA) is 88.3 Å². The molecule has 2 aromatic heterocycles. The number of halogens is 1. The number of anilines is 2. The molecule has 0 bridgehead atoms. The summed E-state index contributed by atoms with van der Waals surface area (Å²) in [7, 11) is 0. The first-order valence-electron chi connectivity index (χ1n) is 8.26. The van der Waals surface area contributed by atoms with Crippen LogP contribution in [0.5, 0.6) is 0 Å². The normalized spacial score (nSPS) is 16.7. The minimum atomic E-state index is -0.388. The lowest BCUT2D eigenvalue weighted by Gasteiger charge is -2.17. The average Bonchev–Trinajstić information content (AvgIpc) is 3.38. The van der Waals surface area contributed by atoms with Crippen LogP contribution in [0.3, 0.4) is 0 Å². The number of amides is 2. The molecule has 3 aromatic rings. The molecule has 27 heavy (non-hydrogen) atoms. The van der Waals surface area contributed by atoms with Gasteiger partial charge in [-0.1, -0.05) is 29.0 Å². The SMILES string of the molecule is Cc1ccc(N2C[C@@H](c3nnc(NC(=O)c4ccco4)s3)CC2=O)cc1Cl. The highest BCUT2D eigenvalue weighted by molar-refractivity contribution is 7.15. The highest BCUT2D eigenvalue weighted by Crippen LogP contribution is 2.35. The van der Waals surface area contributed by atoms with Gasteiger partial charge < -0.3 is 9.32 Å². The molecule has 1 aliphatic heterocycles. The van der Waals surface area contributed by atoms with E-state index in [1.54, 1.807) is 23.1 Å². The van der Waals surface area contributed by atoms with E-state index in [9.17, 15) is 9.59 Å². The van der Waals surface area contributed by atoms with E-state index in [4.69, 9.17) is 16.0 Å². The maximum absolute atomic E-state index is 12.5. The molecule has 4 rings (SSSR count). The zero-order chi connectivity index (χ0) is 19.0. The molecule has 1 aromatic carbocycles. The number of carbonyl (C=O) groups is 2. The molecular formula is C18H15ClN4O3S. The van der Waals surface area contributed by atoms with E-state index in [-0.39, 0.29) is 23.5 Å². The van der Waals surface area contributed by atoms with Crippen molar-refractivity contribution in [2.45, 2.75) is 19.3 Å². The van der Waals surface area contributed by atoms with Crippen LogP contribution >= 0.6 is 22.9 Å². The number of hydrogen-bond acceptors (Lipinski definition) is 6. The second-order valence-electron chi connectivity index (χ2n) is 6.22. The number of hydrogen-bond donors (Lipinski definition) is 1. The molecule has 1 fully saturated rings. The fourth-order valence-electron chi connectivity index (χ4n) is 2.89. The van der Waals surface area contributed by atoms with Crippen LogP contribution in [0, 0.1) is 6.92 Å². The first-order valence-corrected chi connectivity index (χ1v) is 9.45. The van der Waals surface area contributed by atoms with Crippen molar-refractivity contribution in [1.29, 1.82) is 0 Å². The van der Waals surface area contributed by atoms with E-state index in [1.165, 1.54) is 17.6 Å². The van der Waals surface area contributed by atoms with E-state index in [0.29, 0.717) is 28.1 Å². The van der Waals surface area contributed by atoms with Crippen molar-refractivity contribution in [1.82, 2.24) is 10.2 Å². The lowest BCUT2D eigenvalue weighted by molar-refractivity contribution is -0.117. The van der Waals surface area contributed by atoms with Crippen LogP contribution in [-0.4, -0.2) is 28.6 Å². The summed E-state index contributed by atoms with van der Waals surface area (Å²) in [6.07, 6.45) is 1.77. The van der Waals surface area contributed by atoms with Gasteiger partial charge in [-0.3, -0.25) is 14.9 Å². The van der Waals surface area contributed by atoms with Gasteiger partial charge in [0.25, 0.3) is 5.91 Å². The number of rotatable bonds is 4. The quantitative estimate of drug-likeness (QED) is 0.715. The first kappa shape index (κ1) is 17.7. The van der Waals surface area contributed by atoms with E-state index in [0.717, 1.165) is 11.3 Å². The molecule has 0 unspecified atom stereocenters. The van der Waals surface area contributed by atoms with Crippen molar-refractivity contribution >= 4 is 45.6 Å². The third kappa shape index (κ3) is 3.58.